The second-order valence-corrected chi connectivity index (χ2v) is 6.35. The van der Waals surface area contributed by atoms with Gasteiger partial charge in [-0.15, -0.1) is 11.3 Å². The van der Waals surface area contributed by atoms with Gasteiger partial charge >= 0.3 is 0 Å². The first-order valence-corrected chi connectivity index (χ1v) is 7.85. The summed E-state index contributed by atoms with van der Waals surface area (Å²) < 4.78 is 14.2. The summed E-state index contributed by atoms with van der Waals surface area (Å²) in [6.45, 7) is 0. The molecular weight excluding hydrogens is 361 g/mol. The number of benzene rings is 2. The van der Waals surface area contributed by atoms with Crippen molar-refractivity contribution in [2.24, 2.45) is 0 Å². The van der Waals surface area contributed by atoms with E-state index in [-0.39, 0.29) is 5.02 Å². The molecule has 0 aliphatic carbocycles. The highest BCUT2D eigenvalue weighted by Crippen LogP contribution is 2.31. The molecule has 3 rings (SSSR count). The van der Waals surface area contributed by atoms with Crippen molar-refractivity contribution < 1.29 is 4.39 Å². The number of hydrogen-bond donors (Lipinski definition) is 0. The number of aromatic nitrogens is 1. The van der Waals surface area contributed by atoms with Gasteiger partial charge in [-0.1, -0.05) is 39.7 Å². The third-order valence-electron chi connectivity index (χ3n) is 2.81. The lowest BCUT2D eigenvalue weighted by Gasteiger charge is -1.99. The number of halogens is 3. The van der Waals surface area contributed by atoms with E-state index in [0.29, 0.717) is 0 Å². The Balaban J connectivity index is 1.97. The van der Waals surface area contributed by atoms with E-state index < -0.39 is 5.82 Å². The lowest BCUT2D eigenvalue weighted by molar-refractivity contribution is 0.628. The molecule has 0 bridgehead atoms. The second kappa shape index (κ2) is 5.64. The van der Waals surface area contributed by atoms with Crippen molar-refractivity contribution in [2.75, 3.05) is 0 Å². The SMILES string of the molecule is Fc1ccc(-c2csc(-c3ccc(Br)cc3)n2)cc1Cl. The highest BCUT2D eigenvalue weighted by molar-refractivity contribution is 9.10. The van der Waals surface area contributed by atoms with Crippen molar-refractivity contribution in [1.82, 2.24) is 4.98 Å². The minimum Gasteiger partial charge on any atom is -0.236 e. The summed E-state index contributed by atoms with van der Waals surface area (Å²) >= 11 is 10.8. The third-order valence-corrected chi connectivity index (χ3v) is 4.52. The van der Waals surface area contributed by atoms with Crippen LogP contribution in [0.3, 0.4) is 0 Å². The highest BCUT2D eigenvalue weighted by atomic mass is 79.9. The van der Waals surface area contributed by atoms with Crippen LogP contribution in [0.5, 0.6) is 0 Å². The molecule has 0 spiro atoms. The van der Waals surface area contributed by atoms with Gasteiger partial charge in [0.2, 0.25) is 0 Å². The Bertz CT molecular complexity index is 755. The molecule has 0 saturated heterocycles. The van der Waals surface area contributed by atoms with Gasteiger partial charge in [-0.05, 0) is 30.3 Å². The molecule has 1 heterocycles. The smallest absolute Gasteiger partial charge is 0.141 e. The Hall–Kier alpha value is -1.23. The minimum absolute atomic E-state index is 0.112. The zero-order chi connectivity index (χ0) is 14.1. The molecule has 0 radical (unpaired) electrons. The van der Waals surface area contributed by atoms with E-state index in [1.54, 1.807) is 23.5 Å². The predicted molar refractivity (Wildman–Crippen MR) is 85.7 cm³/mol. The van der Waals surface area contributed by atoms with Crippen LogP contribution < -0.4 is 0 Å². The summed E-state index contributed by atoms with van der Waals surface area (Å²) in [6.07, 6.45) is 0. The maximum Gasteiger partial charge on any atom is 0.141 e. The average molecular weight is 369 g/mol. The fraction of sp³-hybridized carbons (Fsp3) is 0. The molecule has 0 atom stereocenters. The maximum atomic E-state index is 13.2. The molecule has 20 heavy (non-hydrogen) atoms. The van der Waals surface area contributed by atoms with Gasteiger partial charge in [-0.3, -0.25) is 0 Å². The Morgan fingerprint density at radius 2 is 1.75 bits per heavy atom. The molecule has 0 saturated carbocycles. The quantitative estimate of drug-likeness (QED) is 0.538. The fourth-order valence-corrected chi connectivity index (χ4v) is 3.07. The Kier molecular flexibility index (Phi) is 3.87. The van der Waals surface area contributed by atoms with Crippen LogP contribution in [0.1, 0.15) is 0 Å². The first-order chi connectivity index (χ1) is 9.63. The zero-order valence-corrected chi connectivity index (χ0v) is 13.3. The largest absolute Gasteiger partial charge is 0.236 e. The van der Waals surface area contributed by atoms with Crippen molar-refractivity contribution in [2.45, 2.75) is 0 Å². The lowest BCUT2D eigenvalue weighted by atomic mass is 10.2. The Morgan fingerprint density at radius 1 is 1.05 bits per heavy atom. The maximum absolute atomic E-state index is 13.2. The van der Waals surface area contributed by atoms with Crippen LogP contribution >= 0.6 is 38.9 Å². The molecule has 0 aliphatic rings. The Morgan fingerprint density at radius 3 is 2.45 bits per heavy atom. The van der Waals surface area contributed by atoms with E-state index in [1.165, 1.54) is 6.07 Å². The predicted octanol–water partition coefficient (Wildman–Crippen LogP) is 6.03. The first kappa shape index (κ1) is 13.7. The van der Waals surface area contributed by atoms with Crippen molar-refractivity contribution in [3.05, 3.63) is 63.2 Å². The molecule has 3 aromatic rings. The van der Waals surface area contributed by atoms with E-state index in [4.69, 9.17) is 11.6 Å². The van der Waals surface area contributed by atoms with E-state index in [2.05, 4.69) is 20.9 Å². The third kappa shape index (κ3) is 2.77. The zero-order valence-electron chi connectivity index (χ0n) is 10.1. The van der Waals surface area contributed by atoms with Gasteiger partial charge in [0.15, 0.2) is 0 Å². The normalized spacial score (nSPS) is 10.8. The fourth-order valence-electron chi connectivity index (χ4n) is 1.79. The van der Waals surface area contributed by atoms with Crippen LogP contribution in [0.15, 0.2) is 52.3 Å². The molecule has 5 heteroatoms. The summed E-state index contributed by atoms with van der Waals surface area (Å²) in [7, 11) is 0. The van der Waals surface area contributed by atoms with E-state index >= 15 is 0 Å². The van der Waals surface area contributed by atoms with Gasteiger partial charge in [0.05, 0.1) is 10.7 Å². The van der Waals surface area contributed by atoms with Gasteiger partial charge in [0.1, 0.15) is 10.8 Å². The molecule has 0 amide bonds. The van der Waals surface area contributed by atoms with Crippen molar-refractivity contribution in [1.29, 1.82) is 0 Å². The number of rotatable bonds is 2. The van der Waals surface area contributed by atoms with Gasteiger partial charge in [0, 0.05) is 21.0 Å². The molecule has 2 aromatic carbocycles. The standard InChI is InChI=1S/C15H8BrClFNS/c16-11-4-1-9(2-5-11)15-19-14(8-20-15)10-3-6-13(18)12(17)7-10/h1-8H. The molecule has 0 aliphatic heterocycles. The van der Waals surface area contributed by atoms with Crippen LogP contribution in [0.25, 0.3) is 21.8 Å². The van der Waals surface area contributed by atoms with Crippen LogP contribution in [-0.4, -0.2) is 4.98 Å². The molecule has 0 fully saturated rings. The molecule has 0 N–H and O–H groups in total. The number of nitrogens with zero attached hydrogens (tertiary/aromatic N) is 1. The second-order valence-electron chi connectivity index (χ2n) is 4.17. The summed E-state index contributed by atoms with van der Waals surface area (Å²) in [5, 5.41) is 2.98. The number of thiazole rings is 1. The van der Waals surface area contributed by atoms with Crippen LogP contribution in [0, 0.1) is 5.82 Å². The lowest BCUT2D eigenvalue weighted by Crippen LogP contribution is -1.82. The number of hydrogen-bond acceptors (Lipinski definition) is 2. The van der Waals surface area contributed by atoms with E-state index in [9.17, 15) is 4.39 Å². The van der Waals surface area contributed by atoms with Crippen LogP contribution in [-0.2, 0) is 0 Å². The highest BCUT2D eigenvalue weighted by Gasteiger charge is 2.08. The monoisotopic (exact) mass is 367 g/mol. The Labute approximate surface area is 133 Å². The van der Waals surface area contributed by atoms with Crippen LogP contribution in [0.4, 0.5) is 4.39 Å². The summed E-state index contributed by atoms with van der Waals surface area (Å²) in [6, 6.07) is 12.6. The molecule has 1 nitrogen and oxygen atoms in total. The minimum atomic E-state index is -0.418. The topological polar surface area (TPSA) is 12.9 Å². The molecular formula is C15H8BrClFNS. The van der Waals surface area contributed by atoms with Crippen molar-refractivity contribution in [3.63, 3.8) is 0 Å². The van der Waals surface area contributed by atoms with Gasteiger partial charge in [-0.2, -0.15) is 0 Å². The van der Waals surface area contributed by atoms with Crippen molar-refractivity contribution in [3.8, 4) is 21.8 Å². The average Bonchev–Trinajstić information content (AvgIpc) is 2.92. The summed E-state index contributed by atoms with van der Waals surface area (Å²) in [4.78, 5) is 4.57. The first-order valence-electron chi connectivity index (χ1n) is 5.80. The van der Waals surface area contributed by atoms with Crippen molar-refractivity contribution >= 4 is 38.9 Å². The van der Waals surface area contributed by atoms with Gasteiger partial charge in [-0.25, -0.2) is 9.37 Å². The molecule has 0 unspecified atom stereocenters. The van der Waals surface area contributed by atoms with E-state index in [1.807, 2.05) is 29.6 Å². The molecule has 100 valence electrons. The molecule has 1 aromatic heterocycles. The van der Waals surface area contributed by atoms with Gasteiger partial charge in [0.25, 0.3) is 0 Å². The van der Waals surface area contributed by atoms with Gasteiger partial charge < -0.3 is 0 Å². The summed E-state index contributed by atoms with van der Waals surface area (Å²) in [5.74, 6) is -0.418. The van der Waals surface area contributed by atoms with Crippen LogP contribution in [0.2, 0.25) is 5.02 Å². The van der Waals surface area contributed by atoms with E-state index in [0.717, 1.165) is 26.3 Å². The summed E-state index contributed by atoms with van der Waals surface area (Å²) in [5.41, 5.74) is 2.67.